The van der Waals surface area contributed by atoms with E-state index in [0.29, 0.717) is 6.04 Å². The first kappa shape index (κ1) is 23.7. The van der Waals surface area contributed by atoms with Crippen molar-refractivity contribution in [3.63, 3.8) is 0 Å². The molecule has 1 saturated carbocycles. The summed E-state index contributed by atoms with van der Waals surface area (Å²) in [6, 6.07) is 9.95. The van der Waals surface area contributed by atoms with E-state index in [9.17, 15) is 8.42 Å². The first-order valence-electron chi connectivity index (χ1n) is 10.5. The molecule has 0 amide bonds. The summed E-state index contributed by atoms with van der Waals surface area (Å²) in [6.45, 7) is 7.63. The van der Waals surface area contributed by atoms with Gasteiger partial charge in [0.1, 0.15) is 0 Å². The van der Waals surface area contributed by atoms with E-state index in [4.69, 9.17) is 9.88 Å². The molecule has 1 heterocycles. The van der Waals surface area contributed by atoms with E-state index in [-0.39, 0.29) is 4.90 Å². The lowest BCUT2D eigenvalue weighted by molar-refractivity contribution is 0.0395. The molecule has 0 unspecified atom stereocenters. The number of hydrogen-bond acceptors (Lipinski definition) is 6. The molecule has 0 radical (unpaired) electrons. The van der Waals surface area contributed by atoms with Crippen LogP contribution in [0.2, 0.25) is 0 Å². The monoisotopic (exact) mass is 422 g/mol. The maximum atomic E-state index is 10.8. The van der Waals surface area contributed by atoms with Gasteiger partial charge in [-0.15, -0.1) is 0 Å². The Bertz CT molecular complexity index is 747. The molecule has 2 fully saturated rings. The van der Waals surface area contributed by atoms with Crippen molar-refractivity contribution < 1.29 is 13.2 Å². The smallest absolute Gasteiger partial charge is 0.238 e. The molecule has 8 heteroatoms. The second kappa shape index (κ2) is 12.9. The van der Waals surface area contributed by atoms with E-state index < -0.39 is 10.0 Å². The zero-order valence-corrected chi connectivity index (χ0v) is 18.2. The molecule has 0 bridgehead atoms. The van der Waals surface area contributed by atoms with Crippen molar-refractivity contribution in [2.45, 2.75) is 56.4 Å². The highest BCUT2D eigenvalue weighted by atomic mass is 32.2. The second-order valence-corrected chi connectivity index (χ2v) is 8.96. The van der Waals surface area contributed by atoms with Gasteiger partial charge in [-0.2, -0.15) is 0 Å². The Balaban J connectivity index is 0.000000221. The van der Waals surface area contributed by atoms with Crippen molar-refractivity contribution >= 4 is 16.0 Å². The maximum Gasteiger partial charge on any atom is 0.238 e. The van der Waals surface area contributed by atoms with Crippen molar-refractivity contribution in [3.05, 3.63) is 29.8 Å². The number of aliphatic imine (C=N–C) groups is 2. The van der Waals surface area contributed by atoms with Crippen LogP contribution in [0.5, 0.6) is 0 Å². The predicted molar refractivity (Wildman–Crippen MR) is 116 cm³/mol. The van der Waals surface area contributed by atoms with Crippen LogP contribution in [0.3, 0.4) is 0 Å². The summed E-state index contributed by atoms with van der Waals surface area (Å²) in [5.41, 5.74) is 1.10. The van der Waals surface area contributed by atoms with Gasteiger partial charge in [-0.05, 0) is 37.0 Å². The Labute approximate surface area is 175 Å². The molecule has 1 aliphatic heterocycles. The van der Waals surface area contributed by atoms with E-state index in [1.54, 1.807) is 12.1 Å². The minimum absolute atomic E-state index is 0.166. The Hall–Kier alpha value is -1.57. The zero-order chi connectivity index (χ0) is 21.0. The normalized spacial score (nSPS) is 18.3. The molecule has 1 aromatic carbocycles. The fourth-order valence-corrected chi connectivity index (χ4v) is 3.83. The SMILES string of the molecule is C(=NCCN1CCOCC1)=NC1CCCCC1.CCc1ccc(S(N)(=O)=O)cc1. The molecule has 3 rings (SSSR count). The summed E-state index contributed by atoms with van der Waals surface area (Å²) in [4.78, 5) is 11.2. The van der Waals surface area contributed by atoms with Gasteiger partial charge in [0.2, 0.25) is 10.0 Å². The van der Waals surface area contributed by atoms with Crippen molar-refractivity contribution in [1.29, 1.82) is 0 Å². The summed E-state index contributed by atoms with van der Waals surface area (Å²) in [5, 5.41) is 4.92. The van der Waals surface area contributed by atoms with Crippen LogP contribution in [0.15, 0.2) is 39.1 Å². The van der Waals surface area contributed by atoms with Crippen LogP contribution in [-0.2, 0) is 21.2 Å². The Morgan fingerprint density at radius 1 is 1.14 bits per heavy atom. The van der Waals surface area contributed by atoms with Gasteiger partial charge in [-0.3, -0.25) is 4.90 Å². The summed E-state index contributed by atoms with van der Waals surface area (Å²) in [5.74, 6) is 0. The van der Waals surface area contributed by atoms with Gasteiger partial charge in [-0.25, -0.2) is 23.5 Å². The Morgan fingerprint density at radius 2 is 1.79 bits per heavy atom. The van der Waals surface area contributed by atoms with Gasteiger partial charge in [0.15, 0.2) is 0 Å². The highest BCUT2D eigenvalue weighted by Gasteiger charge is 2.11. The number of hydrogen-bond donors (Lipinski definition) is 1. The lowest BCUT2D eigenvalue weighted by atomic mass is 9.96. The quantitative estimate of drug-likeness (QED) is 0.713. The summed E-state index contributed by atoms with van der Waals surface area (Å²) in [7, 11) is -3.53. The van der Waals surface area contributed by atoms with Gasteiger partial charge < -0.3 is 4.74 Å². The molecule has 1 aromatic rings. The van der Waals surface area contributed by atoms with Crippen molar-refractivity contribution in [3.8, 4) is 0 Å². The molecule has 2 N–H and O–H groups in total. The van der Waals surface area contributed by atoms with Crippen molar-refractivity contribution in [1.82, 2.24) is 4.90 Å². The largest absolute Gasteiger partial charge is 0.379 e. The minimum Gasteiger partial charge on any atom is -0.379 e. The van der Waals surface area contributed by atoms with Crippen LogP contribution in [0.1, 0.15) is 44.6 Å². The predicted octanol–water partition coefficient (Wildman–Crippen LogP) is 2.72. The topological polar surface area (TPSA) is 97.3 Å². The Kier molecular flexibility index (Phi) is 10.5. The van der Waals surface area contributed by atoms with E-state index in [1.807, 2.05) is 6.92 Å². The van der Waals surface area contributed by atoms with E-state index >= 15 is 0 Å². The number of aryl methyl sites for hydroxylation is 1. The first-order chi connectivity index (χ1) is 14.0. The fourth-order valence-electron chi connectivity index (χ4n) is 3.31. The number of morpholine rings is 1. The van der Waals surface area contributed by atoms with Gasteiger partial charge in [0.25, 0.3) is 0 Å². The van der Waals surface area contributed by atoms with Crippen molar-refractivity contribution in [2.24, 2.45) is 15.1 Å². The molecular weight excluding hydrogens is 388 g/mol. The number of ether oxygens (including phenoxy) is 1. The van der Waals surface area contributed by atoms with Gasteiger partial charge in [0.05, 0.1) is 36.7 Å². The van der Waals surface area contributed by atoms with Crippen LogP contribution in [0.25, 0.3) is 0 Å². The first-order valence-corrected chi connectivity index (χ1v) is 12.1. The number of rotatable bonds is 6. The Morgan fingerprint density at radius 3 is 2.38 bits per heavy atom. The van der Waals surface area contributed by atoms with Crippen LogP contribution in [0.4, 0.5) is 0 Å². The molecular formula is C21H34N4O3S. The number of primary sulfonamides is 1. The van der Waals surface area contributed by atoms with Gasteiger partial charge in [0, 0.05) is 19.6 Å². The highest BCUT2D eigenvalue weighted by molar-refractivity contribution is 7.89. The van der Waals surface area contributed by atoms with Crippen LogP contribution in [0, 0.1) is 0 Å². The molecule has 7 nitrogen and oxygen atoms in total. The maximum absolute atomic E-state index is 10.8. The summed E-state index contributed by atoms with van der Waals surface area (Å²) >= 11 is 0. The number of nitrogens with zero attached hydrogens (tertiary/aromatic N) is 3. The van der Waals surface area contributed by atoms with Crippen LogP contribution >= 0.6 is 0 Å². The summed E-state index contributed by atoms with van der Waals surface area (Å²) in [6.07, 6.45) is 7.37. The van der Waals surface area contributed by atoms with Crippen LogP contribution < -0.4 is 5.14 Å². The third kappa shape index (κ3) is 9.65. The zero-order valence-electron chi connectivity index (χ0n) is 17.4. The van der Waals surface area contributed by atoms with Crippen LogP contribution in [-0.4, -0.2) is 64.8 Å². The molecule has 1 aliphatic carbocycles. The minimum atomic E-state index is -3.53. The molecule has 162 valence electrons. The van der Waals surface area contributed by atoms with E-state index in [2.05, 4.69) is 20.9 Å². The highest BCUT2D eigenvalue weighted by Crippen LogP contribution is 2.19. The standard InChI is InChI=1S/C13H23N3O.C8H11NO2S/c1-2-4-13(5-3-1)15-12-14-6-7-16-8-10-17-11-9-16;1-2-7-3-5-8(6-4-7)12(9,10)11/h13H,1-11H2;3-6H,2H2,1H3,(H2,9,10,11). The molecule has 2 aliphatic rings. The van der Waals surface area contributed by atoms with Gasteiger partial charge >= 0.3 is 0 Å². The lowest BCUT2D eigenvalue weighted by Crippen LogP contribution is -2.37. The van der Waals surface area contributed by atoms with E-state index in [1.165, 1.54) is 44.2 Å². The van der Waals surface area contributed by atoms with Gasteiger partial charge in [-0.1, -0.05) is 38.3 Å². The molecule has 29 heavy (non-hydrogen) atoms. The third-order valence-corrected chi connectivity index (χ3v) is 6.11. The molecule has 0 spiro atoms. The average Bonchev–Trinajstić information content (AvgIpc) is 2.75. The average molecular weight is 423 g/mol. The fraction of sp³-hybridized carbons (Fsp3) is 0.667. The van der Waals surface area contributed by atoms with E-state index in [0.717, 1.165) is 51.4 Å². The third-order valence-electron chi connectivity index (χ3n) is 5.18. The number of nitrogens with two attached hydrogens (primary N) is 1. The number of sulfonamides is 1. The molecule has 0 aromatic heterocycles. The summed E-state index contributed by atoms with van der Waals surface area (Å²) < 4.78 is 26.9. The van der Waals surface area contributed by atoms with Crippen molar-refractivity contribution in [2.75, 3.05) is 39.4 Å². The second-order valence-electron chi connectivity index (χ2n) is 7.40. The number of benzene rings is 1. The molecule has 0 atom stereocenters. The lowest BCUT2D eigenvalue weighted by Gasteiger charge is -2.25. The molecule has 1 saturated heterocycles.